The summed E-state index contributed by atoms with van der Waals surface area (Å²) in [6.45, 7) is 5.53. The van der Waals surface area contributed by atoms with Crippen molar-refractivity contribution in [1.82, 2.24) is 9.80 Å². The molecule has 2 aromatic rings. The number of piperazine rings is 2. The van der Waals surface area contributed by atoms with Gasteiger partial charge in [0.1, 0.15) is 18.8 Å². The second kappa shape index (κ2) is 11.2. The molecule has 1 unspecified atom stereocenters. The number of hydrogen-bond donors (Lipinski definition) is 0. The van der Waals surface area contributed by atoms with Gasteiger partial charge in [0.25, 0.3) is 0 Å². The lowest BCUT2D eigenvalue weighted by molar-refractivity contribution is -0.821. The predicted octanol–water partition coefficient (Wildman–Crippen LogP) is 3.58. The molecule has 0 radical (unpaired) electrons. The number of hydroxylamine groups is 3. The first-order valence-corrected chi connectivity index (χ1v) is 12.3. The van der Waals surface area contributed by atoms with E-state index < -0.39 is 16.4 Å². The second-order valence-corrected chi connectivity index (χ2v) is 9.52. The van der Waals surface area contributed by atoms with E-state index in [1.807, 2.05) is 28.0 Å². The highest BCUT2D eigenvalue weighted by molar-refractivity contribution is 5.72. The SMILES string of the molecule is COc1cccc(C[N+]2([O-])CCN(CCCN3CCN(c4cccc(C(F)(F)F)c4)CC3)CC2=O)c1. The van der Waals surface area contributed by atoms with Crippen LogP contribution in [0.4, 0.5) is 18.9 Å². The average Bonchev–Trinajstić information content (AvgIpc) is 2.86. The van der Waals surface area contributed by atoms with Crippen molar-refractivity contribution in [2.24, 2.45) is 0 Å². The van der Waals surface area contributed by atoms with Gasteiger partial charge < -0.3 is 14.8 Å². The Bertz CT molecular complexity index is 1040. The molecule has 2 aromatic carbocycles. The third kappa shape index (κ3) is 6.56. The zero-order valence-electron chi connectivity index (χ0n) is 20.5. The average molecular weight is 507 g/mol. The first-order chi connectivity index (χ1) is 17.2. The van der Waals surface area contributed by atoms with E-state index in [4.69, 9.17) is 4.74 Å². The normalized spacial score (nSPS) is 22.1. The van der Waals surface area contributed by atoms with Crippen molar-refractivity contribution >= 4 is 11.6 Å². The third-order valence-corrected chi connectivity index (χ3v) is 7.02. The Kier molecular flexibility index (Phi) is 8.19. The molecule has 2 aliphatic rings. The fourth-order valence-corrected chi connectivity index (χ4v) is 4.88. The summed E-state index contributed by atoms with van der Waals surface area (Å²) in [5, 5.41) is 13.2. The number of hydrogen-bond acceptors (Lipinski definition) is 6. The fourth-order valence-electron chi connectivity index (χ4n) is 4.88. The molecule has 0 bridgehead atoms. The molecule has 10 heteroatoms. The molecule has 196 valence electrons. The summed E-state index contributed by atoms with van der Waals surface area (Å²) in [5.74, 6) is 0.347. The van der Waals surface area contributed by atoms with Gasteiger partial charge in [-0.05, 0) is 43.3 Å². The molecule has 2 heterocycles. The van der Waals surface area contributed by atoms with Crippen LogP contribution in [0.1, 0.15) is 17.5 Å². The van der Waals surface area contributed by atoms with E-state index in [0.29, 0.717) is 31.1 Å². The number of quaternary nitrogens is 1. The van der Waals surface area contributed by atoms with Crippen LogP contribution >= 0.6 is 0 Å². The number of halogens is 3. The standard InChI is InChI=1S/C26H33F3N4O3/c1-36-24-8-2-5-21(17-24)20-33(35)16-15-31(19-25(33)34)10-4-9-30-11-13-32(14-12-30)23-7-3-6-22(18-23)26(27,28)29/h2-3,5-8,17-18H,4,9-16,19-20H2,1H3. The highest BCUT2D eigenvalue weighted by atomic mass is 19.4. The zero-order chi connectivity index (χ0) is 25.8. The van der Waals surface area contributed by atoms with E-state index in [1.165, 1.54) is 12.1 Å². The monoisotopic (exact) mass is 506 g/mol. The number of nitrogens with zero attached hydrogens (tertiary/aromatic N) is 4. The van der Waals surface area contributed by atoms with E-state index >= 15 is 0 Å². The van der Waals surface area contributed by atoms with Gasteiger partial charge in [-0.2, -0.15) is 13.2 Å². The van der Waals surface area contributed by atoms with Crippen molar-refractivity contribution in [3.63, 3.8) is 0 Å². The molecule has 0 saturated carbocycles. The molecule has 0 aliphatic carbocycles. The van der Waals surface area contributed by atoms with E-state index in [1.54, 1.807) is 19.2 Å². The molecule has 0 aromatic heterocycles. The van der Waals surface area contributed by atoms with Crippen LogP contribution in [0.25, 0.3) is 0 Å². The minimum Gasteiger partial charge on any atom is -0.625 e. The summed E-state index contributed by atoms with van der Waals surface area (Å²) in [7, 11) is 1.57. The maximum atomic E-state index is 13.2. The molecule has 2 saturated heterocycles. The molecule has 7 nitrogen and oxygen atoms in total. The van der Waals surface area contributed by atoms with Crippen molar-refractivity contribution in [1.29, 1.82) is 0 Å². The molecule has 1 amide bonds. The number of anilines is 1. The Morgan fingerprint density at radius 3 is 2.39 bits per heavy atom. The van der Waals surface area contributed by atoms with Crippen LogP contribution in [0.3, 0.4) is 0 Å². The Morgan fingerprint density at radius 2 is 1.69 bits per heavy atom. The van der Waals surface area contributed by atoms with Gasteiger partial charge in [0.2, 0.25) is 0 Å². The molecule has 4 rings (SSSR count). The lowest BCUT2D eigenvalue weighted by atomic mass is 10.1. The summed E-state index contributed by atoms with van der Waals surface area (Å²) >= 11 is 0. The summed E-state index contributed by atoms with van der Waals surface area (Å²) in [4.78, 5) is 19.0. The maximum absolute atomic E-state index is 13.2. The van der Waals surface area contributed by atoms with Gasteiger partial charge in [-0.3, -0.25) is 14.4 Å². The Morgan fingerprint density at radius 1 is 0.972 bits per heavy atom. The van der Waals surface area contributed by atoms with E-state index in [2.05, 4.69) is 4.90 Å². The largest absolute Gasteiger partial charge is 0.625 e. The molecular weight excluding hydrogens is 473 g/mol. The van der Waals surface area contributed by atoms with E-state index in [-0.39, 0.29) is 25.5 Å². The van der Waals surface area contributed by atoms with Gasteiger partial charge in [0.05, 0.1) is 19.2 Å². The number of carbonyl (C=O) groups is 1. The zero-order valence-corrected chi connectivity index (χ0v) is 20.5. The predicted molar refractivity (Wildman–Crippen MR) is 131 cm³/mol. The van der Waals surface area contributed by atoms with Crippen molar-refractivity contribution in [2.45, 2.75) is 19.1 Å². The third-order valence-electron chi connectivity index (χ3n) is 7.02. The van der Waals surface area contributed by atoms with E-state index in [9.17, 15) is 23.2 Å². The number of rotatable bonds is 8. The van der Waals surface area contributed by atoms with Crippen molar-refractivity contribution < 1.29 is 27.3 Å². The van der Waals surface area contributed by atoms with Crippen LogP contribution in [0, 0.1) is 5.21 Å². The van der Waals surface area contributed by atoms with Crippen LogP contribution in [0.5, 0.6) is 5.75 Å². The van der Waals surface area contributed by atoms with Gasteiger partial charge >= 0.3 is 12.1 Å². The molecule has 0 N–H and O–H groups in total. The van der Waals surface area contributed by atoms with Crippen molar-refractivity contribution in [3.05, 3.63) is 64.9 Å². The number of alkyl halides is 3. The number of amides is 1. The van der Waals surface area contributed by atoms with Crippen LogP contribution in [-0.2, 0) is 17.5 Å². The summed E-state index contributed by atoms with van der Waals surface area (Å²) in [6.07, 6.45) is -3.47. The molecule has 1 atom stereocenters. The summed E-state index contributed by atoms with van der Waals surface area (Å²) in [6, 6.07) is 12.8. The molecule has 2 fully saturated rings. The van der Waals surface area contributed by atoms with Gasteiger partial charge in [-0.15, -0.1) is 0 Å². The molecule has 2 aliphatic heterocycles. The van der Waals surface area contributed by atoms with Gasteiger partial charge in [0, 0.05) is 50.5 Å². The van der Waals surface area contributed by atoms with Crippen molar-refractivity contribution in [2.75, 3.05) is 70.9 Å². The van der Waals surface area contributed by atoms with Crippen LogP contribution in [0.2, 0.25) is 0 Å². The highest BCUT2D eigenvalue weighted by Gasteiger charge is 2.35. The number of carbonyl (C=O) groups excluding carboxylic acids is 1. The van der Waals surface area contributed by atoms with Gasteiger partial charge in [0.15, 0.2) is 0 Å². The van der Waals surface area contributed by atoms with Gasteiger partial charge in [-0.25, -0.2) is 4.79 Å². The quantitative estimate of drug-likeness (QED) is 0.403. The minimum absolute atomic E-state index is 0.111. The summed E-state index contributed by atoms with van der Waals surface area (Å²) in [5.41, 5.74) is 0.766. The Labute approximate surface area is 209 Å². The van der Waals surface area contributed by atoms with Crippen LogP contribution in [-0.4, -0.2) is 86.4 Å². The molecule has 36 heavy (non-hydrogen) atoms. The number of methoxy groups -OCH3 is 1. The highest BCUT2D eigenvalue weighted by Crippen LogP contribution is 2.32. The molecular formula is C26H33F3N4O3. The number of ether oxygens (including phenoxy) is 1. The van der Waals surface area contributed by atoms with E-state index in [0.717, 1.165) is 44.2 Å². The Hall–Kier alpha value is -2.66. The maximum Gasteiger partial charge on any atom is 0.416 e. The minimum atomic E-state index is -4.34. The number of benzene rings is 2. The fraction of sp³-hybridized carbons (Fsp3) is 0.500. The first kappa shape index (κ1) is 26.4. The first-order valence-electron chi connectivity index (χ1n) is 12.3. The van der Waals surface area contributed by atoms with Crippen molar-refractivity contribution in [3.8, 4) is 5.75 Å². The topological polar surface area (TPSA) is 59.1 Å². The smallest absolute Gasteiger partial charge is 0.416 e. The Balaban J connectivity index is 1.19. The lowest BCUT2D eigenvalue weighted by Gasteiger charge is -2.45. The second-order valence-electron chi connectivity index (χ2n) is 9.52. The molecule has 0 spiro atoms. The van der Waals surface area contributed by atoms with Gasteiger partial charge in [-0.1, -0.05) is 18.2 Å². The van der Waals surface area contributed by atoms with Crippen LogP contribution < -0.4 is 9.64 Å². The summed E-state index contributed by atoms with van der Waals surface area (Å²) < 4.78 is 43.4. The van der Waals surface area contributed by atoms with Crippen LogP contribution in [0.15, 0.2) is 48.5 Å². The lowest BCUT2D eigenvalue weighted by Crippen LogP contribution is -2.59.